The first-order chi connectivity index (χ1) is 11.3. The van der Waals surface area contributed by atoms with Gasteiger partial charge in [-0.2, -0.15) is 5.26 Å². The maximum Gasteiger partial charge on any atom is 0.143 e. The summed E-state index contributed by atoms with van der Waals surface area (Å²) >= 11 is 0. The summed E-state index contributed by atoms with van der Waals surface area (Å²) in [7, 11) is 1.73. The number of nitriles is 1. The van der Waals surface area contributed by atoms with Crippen LogP contribution < -0.4 is 10.2 Å². The van der Waals surface area contributed by atoms with Crippen LogP contribution in [-0.4, -0.2) is 47.3 Å². The Labute approximate surface area is 135 Å². The fraction of sp³-hybridized carbons (Fsp3) is 0.375. The maximum absolute atomic E-state index is 9.14. The van der Waals surface area contributed by atoms with Crippen LogP contribution in [0.25, 0.3) is 0 Å². The summed E-state index contributed by atoms with van der Waals surface area (Å²) in [5, 5.41) is 12.4. The van der Waals surface area contributed by atoms with Gasteiger partial charge >= 0.3 is 0 Å². The molecule has 1 aliphatic heterocycles. The molecule has 0 amide bonds. The summed E-state index contributed by atoms with van der Waals surface area (Å²) in [4.78, 5) is 14.7. The predicted octanol–water partition coefficient (Wildman–Crippen LogP) is 1.45. The summed E-state index contributed by atoms with van der Waals surface area (Å²) in [6.45, 7) is 1.45. The summed E-state index contributed by atoms with van der Waals surface area (Å²) < 4.78 is 5.51. The Bertz CT molecular complexity index is 686. The highest BCUT2D eigenvalue weighted by molar-refractivity contribution is 5.52. The molecule has 2 atom stereocenters. The van der Waals surface area contributed by atoms with Gasteiger partial charge in [-0.25, -0.2) is 15.0 Å². The Kier molecular flexibility index (Phi) is 4.64. The Hall–Kier alpha value is -2.72. The van der Waals surface area contributed by atoms with Crippen LogP contribution >= 0.6 is 0 Å². The van der Waals surface area contributed by atoms with E-state index in [1.54, 1.807) is 38.0 Å². The van der Waals surface area contributed by atoms with Gasteiger partial charge in [-0.05, 0) is 24.6 Å². The largest absolute Gasteiger partial charge is 0.380 e. The molecular weight excluding hydrogens is 292 g/mol. The van der Waals surface area contributed by atoms with Crippen molar-refractivity contribution in [1.82, 2.24) is 15.0 Å². The first kappa shape index (κ1) is 15.2. The number of pyridine rings is 1. The normalized spacial score (nSPS) is 20.3. The number of nitrogens with one attached hydrogen (secondary N) is 1. The highest BCUT2D eigenvalue weighted by atomic mass is 16.5. The molecule has 0 radical (unpaired) electrons. The smallest absolute Gasteiger partial charge is 0.143 e. The van der Waals surface area contributed by atoms with Gasteiger partial charge in [0.05, 0.1) is 17.7 Å². The van der Waals surface area contributed by atoms with E-state index in [1.165, 1.54) is 0 Å². The molecule has 118 valence electrons. The van der Waals surface area contributed by atoms with Crippen LogP contribution in [0.2, 0.25) is 0 Å². The van der Waals surface area contributed by atoms with E-state index in [2.05, 4.69) is 31.2 Å². The first-order valence-electron chi connectivity index (χ1n) is 7.46. The van der Waals surface area contributed by atoms with E-state index in [0.29, 0.717) is 17.9 Å². The number of aromatic nitrogens is 3. The van der Waals surface area contributed by atoms with E-state index in [-0.39, 0.29) is 12.1 Å². The van der Waals surface area contributed by atoms with Crippen LogP contribution in [0.15, 0.2) is 36.9 Å². The van der Waals surface area contributed by atoms with Crippen LogP contribution in [0, 0.1) is 11.3 Å². The van der Waals surface area contributed by atoms with Gasteiger partial charge < -0.3 is 15.0 Å². The van der Waals surface area contributed by atoms with Crippen molar-refractivity contribution in [2.45, 2.75) is 18.6 Å². The minimum Gasteiger partial charge on any atom is -0.380 e. The third-order valence-electron chi connectivity index (χ3n) is 4.00. The molecule has 1 aliphatic rings. The van der Waals surface area contributed by atoms with E-state index < -0.39 is 0 Å². The van der Waals surface area contributed by atoms with Crippen molar-refractivity contribution in [1.29, 1.82) is 5.26 Å². The zero-order valence-electron chi connectivity index (χ0n) is 12.9. The second-order valence-electron chi connectivity index (χ2n) is 5.36. The van der Waals surface area contributed by atoms with Gasteiger partial charge in [-0.1, -0.05) is 0 Å². The zero-order chi connectivity index (χ0) is 16.1. The molecule has 3 heterocycles. The number of rotatable bonds is 5. The van der Waals surface area contributed by atoms with E-state index in [1.807, 2.05) is 6.07 Å². The lowest BCUT2D eigenvalue weighted by Gasteiger charge is -2.25. The second kappa shape index (κ2) is 7.03. The molecule has 0 spiro atoms. The van der Waals surface area contributed by atoms with Crippen molar-refractivity contribution in [3.63, 3.8) is 0 Å². The van der Waals surface area contributed by atoms with Gasteiger partial charge in [0.25, 0.3) is 0 Å². The molecule has 0 bridgehead atoms. The minimum absolute atomic E-state index is 0.163. The van der Waals surface area contributed by atoms with E-state index in [9.17, 15) is 0 Å². The molecule has 23 heavy (non-hydrogen) atoms. The SMILES string of the molecule is CO[C@@H]1C[C@H](CNc2ncccc2C#N)N(c2ccncn2)C1. The summed E-state index contributed by atoms with van der Waals surface area (Å²) in [5.41, 5.74) is 0.544. The van der Waals surface area contributed by atoms with Gasteiger partial charge in [-0.3, -0.25) is 0 Å². The second-order valence-corrected chi connectivity index (χ2v) is 5.36. The van der Waals surface area contributed by atoms with Crippen LogP contribution in [0.4, 0.5) is 11.6 Å². The van der Waals surface area contributed by atoms with Gasteiger partial charge in [0.1, 0.15) is 24.0 Å². The molecule has 1 fully saturated rings. The quantitative estimate of drug-likeness (QED) is 0.894. The predicted molar refractivity (Wildman–Crippen MR) is 86.0 cm³/mol. The van der Waals surface area contributed by atoms with Gasteiger partial charge in [0.15, 0.2) is 0 Å². The highest BCUT2D eigenvalue weighted by Gasteiger charge is 2.32. The van der Waals surface area contributed by atoms with Gasteiger partial charge in [-0.15, -0.1) is 0 Å². The minimum atomic E-state index is 0.163. The number of hydrogen-bond donors (Lipinski definition) is 1. The summed E-state index contributed by atoms with van der Waals surface area (Å²) in [6, 6.07) is 7.77. The maximum atomic E-state index is 9.14. The lowest BCUT2D eigenvalue weighted by Crippen LogP contribution is -2.35. The molecule has 0 unspecified atom stereocenters. The van der Waals surface area contributed by atoms with Crippen molar-refractivity contribution in [2.24, 2.45) is 0 Å². The first-order valence-corrected chi connectivity index (χ1v) is 7.46. The zero-order valence-corrected chi connectivity index (χ0v) is 12.9. The lowest BCUT2D eigenvalue weighted by atomic mass is 10.2. The molecule has 7 nitrogen and oxygen atoms in total. The van der Waals surface area contributed by atoms with E-state index >= 15 is 0 Å². The molecule has 2 aromatic heterocycles. The average Bonchev–Trinajstić information content (AvgIpc) is 3.04. The third-order valence-corrected chi connectivity index (χ3v) is 4.00. The Morgan fingerprint density at radius 1 is 1.39 bits per heavy atom. The lowest BCUT2D eigenvalue weighted by molar-refractivity contribution is 0.118. The van der Waals surface area contributed by atoms with Gasteiger partial charge in [0.2, 0.25) is 0 Å². The van der Waals surface area contributed by atoms with Crippen molar-refractivity contribution in [3.05, 3.63) is 42.5 Å². The number of nitrogens with zero attached hydrogens (tertiary/aromatic N) is 5. The standard InChI is InChI=1S/C16H18N6O/c1-23-14-7-13(22(10-14)15-4-6-18-11-21-15)9-20-16-12(8-17)3-2-5-19-16/h2-6,11,13-14H,7,9-10H2,1H3,(H,19,20)/t13-,14-/m1/s1. The van der Waals surface area contributed by atoms with Crippen LogP contribution in [0.1, 0.15) is 12.0 Å². The van der Waals surface area contributed by atoms with Crippen LogP contribution in [-0.2, 0) is 4.74 Å². The molecule has 2 aromatic rings. The molecule has 0 aliphatic carbocycles. The van der Waals surface area contributed by atoms with Crippen molar-refractivity contribution >= 4 is 11.6 Å². The van der Waals surface area contributed by atoms with Crippen molar-refractivity contribution in [3.8, 4) is 6.07 Å². The topological polar surface area (TPSA) is 87.0 Å². The number of ether oxygens (including phenoxy) is 1. The molecule has 1 saturated heterocycles. The number of hydrogen-bond acceptors (Lipinski definition) is 7. The molecule has 0 saturated carbocycles. The van der Waals surface area contributed by atoms with E-state index in [0.717, 1.165) is 18.8 Å². The van der Waals surface area contributed by atoms with Crippen molar-refractivity contribution in [2.75, 3.05) is 30.4 Å². The average molecular weight is 310 g/mol. The fourth-order valence-corrected chi connectivity index (χ4v) is 2.82. The monoisotopic (exact) mass is 310 g/mol. The van der Waals surface area contributed by atoms with Gasteiger partial charge in [0, 0.05) is 32.6 Å². The third kappa shape index (κ3) is 3.38. The van der Waals surface area contributed by atoms with Crippen LogP contribution in [0.3, 0.4) is 0 Å². The number of anilines is 2. The Morgan fingerprint density at radius 3 is 3.04 bits per heavy atom. The van der Waals surface area contributed by atoms with E-state index in [4.69, 9.17) is 10.00 Å². The Balaban J connectivity index is 1.73. The summed E-state index contributed by atoms with van der Waals surface area (Å²) in [6.07, 6.45) is 6.02. The Morgan fingerprint density at radius 2 is 2.30 bits per heavy atom. The fourth-order valence-electron chi connectivity index (χ4n) is 2.82. The molecular formula is C16H18N6O. The molecule has 7 heteroatoms. The highest BCUT2D eigenvalue weighted by Crippen LogP contribution is 2.25. The number of methoxy groups -OCH3 is 1. The van der Waals surface area contributed by atoms with Crippen molar-refractivity contribution < 1.29 is 4.74 Å². The molecule has 0 aromatic carbocycles. The summed E-state index contributed by atoms with van der Waals surface area (Å²) in [5.74, 6) is 1.49. The molecule has 3 rings (SSSR count). The molecule has 1 N–H and O–H groups in total. The van der Waals surface area contributed by atoms with Crippen LogP contribution in [0.5, 0.6) is 0 Å².